The molecule has 0 saturated carbocycles. The maximum Gasteiger partial charge on any atom is 0.229 e. The van der Waals surface area contributed by atoms with E-state index in [-0.39, 0.29) is 12.3 Å². The molecular formula is C16H21N3O4S. The van der Waals surface area contributed by atoms with Crippen LogP contribution in [-0.2, 0) is 27.7 Å². The Morgan fingerprint density at radius 2 is 1.96 bits per heavy atom. The molecule has 1 amide bonds. The fraction of sp³-hybridized carbons (Fsp3) is 0.375. The van der Waals surface area contributed by atoms with Gasteiger partial charge in [0.15, 0.2) is 0 Å². The van der Waals surface area contributed by atoms with E-state index >= 15 is 0 Å². The fourth-order valence-corrected chi connectivity index (χ4v) is 2.77. The largest absolute Gasteiger partial charge is 0.361 e. The number of amides is 1. The van der Waals surface area contributed by atoms with Crippen LogP contribution < -0.4 is 10.0 Å². The Bertz CT molecular complexity index is 782. The zero-order valence-electron chi connectivity index (χ0n) is 13.7. The molecule has 0 unspecified atom stereocenters. The molecular weight excluding hydrogens is 330 g/mol. The third kappa shape index (κ3) is 6.41. The summed E-state index contributed by atoms with van der Waals surface area (Å²) in [6.07, 6.45) is 2.91. The van der Waals surface area contributed by atoms with E-state index in [2.05, 4.69) is 15.2 Å². The Morgan fingerprint density at radius 1 is 1.25 bits per heavy atom. The van der Waals surface area contributed by atoms with Gasteiger partial charge in [0.2, 0.25) is 15.9 Å². The van der Waals surface area contributed by atoms with Crippen molar-refractivity contribution in [1.29, 1.82) is 0 Å². The fourth-order valence-electron chi connectivity index (χ4n) is 2.20. The number of anilines is 1. The molecule has 0 saturated heterocycles. The number of carbonyl (C=O) groups excluding carboxylic acids is 1. The van der Waals surface area contributed by atoms with Crippen molar-refractivity contribution in [3.63, 3.8) is 0 Å². The predicted molar refractivity (Wildman–Crippen MR) is 91.2 cm³/mol. The second-order valence-electron chi connectivity index (χ2n) is 5.63. The Hall–Kier alpha value is -2.35. The third-order valence-electron chi connectivity index (χ3n) is 3.24. The van der Waals surface area contributed by atoms with E-state index in [1.54, 1.807) is 25.1 Å². The standard InChI is InChI=1S/C16H21N3O4S/c1-12-10-15(18-23-12)11-16(20)17-9-3-4-13-5-7-14(8-6-13)19-24(2,21)22/h5-8,10,19H,3-4,9,11H2,1-2H3,(H,17,20). The van der Waals surface area contributed by atoms with E-state index in [1.807, 2.05) is 12.1 Å². The van der Waals surface area contributed by atoms with Crippen LogP contribution in [0.15, 0.2) is 34.9 Å². The van der Waals surface area contributed by atoms with Crippen LogP contribution in [0.1, 0.15) is 23.4 Å². The first kappa shape index (κ1) is 18.0. The van der Waals surface area contributed by atoms with Crippen LogP contribution in [0.3, 0.4) is 0 Å². The van der Waals surface area contributed by atoms with Crippen LogP contribution in [0.4, 0.5) is 5.69 Å². The normalized spacial score (nSPS) is 11.2. The smallest absolute Gasteiger partial charge is 0.229 e. The molecule has 0 spiro atoms. The second kappa shape index (κ2) is 7.96. The van der Waals surface area contributed by atoms with Crippen molar-refractivity contribution in [2.75, 3.05) is 17.5 Å². The van der Waals surface area contributed by atoms with Gasteiger partial charge >= 0.3 is 0 Å². The van der Waals surface area contributed by atoms with Gasteiger partial charge in [0.1, 0.15) is 5.76 Å². The van der Waals surface area contributed by atoms with Gasteiger partial charge in [-0.3, -0.25) is 9.52 Å². The van der Waals surface area contributed by atoms with E-state index in [9.17, 15) is 13.2 Å². The molecule has 1 aromatic carbocycles. The van der Waals surface area contributed by atoms with E-state index < -0.39 is 10.0 Å². The topological polar surface area (TPSA) is 101 Å². The lowest BCUT2D eigenvalue weighted by molar-refractivity contribution is -0.120. The van der Waals surface area contributed by atoms with Crippen LogP contribution in [0, 0.1) is 6.92 Å². The summed E-state index contributed by atoms with van der Waals surface area (Å²) in [5.74, 6) is 0.600. The number of aromatic nitrogens is 1. The monoisotopic (exact) mass is 351 g/mol. The van der Waals surface area contributed by atoms with Crippen molar-refractivity contribution in [3.05, 3.63) is 47.3 Å². The van der Waals surface area contributed by atoms with E-state index in [0.717, 1.165) is 24.7 Å². The molecule has 2 rings (SSSR count). The zero-order chi connectivity index (χ0) is 17.6. The lowest BCUT2D eigenvalue weighted by atomic mass is 10.1. The Kier molecular flexibility index (Phi) is 5.97. The van der Waals surface area contributed by atoms with Crippen LogP contribution in [0.5, 0.6) is 0 Å². The number of aryl methyl sites for hydroxylation is 2. The molecule has 2 aromatic rings. The number of rotatable bonds is 8. The number of hydrogen-bond donors (Lipinski definition) is 2. The number of nitrogens with one attached hydrogen (secondary N) is 2. The van der Waals surface area contributed by atoms with Crippen molar-refractivity contribution in [1.82, 2.24) is 10.5 Å². The van der Waals surface area contributed by atoms with Gasteiger partial charge in [-0.25, -0.2) is 8.42 Å². The summed E-state index contributed by atoms with van der Waals surface area (Å²) < 4.78 is 29.6. The highest BCUT2D eigenvalue weighted by molar-refractivity contribution is 7.92. The quantitative estimate of drug-likeness (QED) is 0.704. The molecule has 0 bridgehead atoms. The first-order valence-corrected chi connectivity index (χ1v) is 9.46. The highest BCUT2D eigenvalue weighted by atomic mass is 32.2. The van der Waals surface area contributed by atoms with Gasteiger partial charge in [0.25, 0.3) is 0 Å². The van der Waals surface area contributed by atoms with E-state index in [4.69, 9.17) is 4.52 Å². The number of hydrogen-bond acceptors (Lipinski definition) is 5. The second-order valence-corrected chi connectivity index (χ2v) is 7.38. The molecule has 0 fully saturated rings. The first-order valence-electron chi connectivity index (χ1n) is 7.57. The molecule has 0 aliphatic heterocycles. The van der Waals surface area contributed by atoms with Crippen LogP contribution in [0.2, 0.25) is 0 Å². The average Bonchev–Trinajstić information content (AvgIpc) is 2.89. The lowest BCUT2D eigenvalue weighted by Gasteiger charge is -2.06. The molecule has 1 heterocycles. The van der Waals surface area contributed by atoms with Gasteiger partial charge in [0, 0.05) is 18.3 Å². The van der Waals surface area contributed by atoms with Gasteiger partial charge in [-0.05, 0) is 37.5 Å². The van der Waals surface area contributed by atoms with Crippen LogP contribution in [0.25, 0.3) is 0 Å². The maximum absolute atomic E-state index is 11.8. The molecule has 0 radical (unpaired) electrons. The Labute approximate surface area is 141 Å². The number of nitrogens with zero attached hydrogens (tertiary/aromatic N) is 1. The van der Waals surface area contributed by atoms with Crippen molar-refractivity contribution < 1.29 is 17.7 Å². The van der Waals surface area contributed by atoms with E-state index in [0.29, 0.717) is 23.7 Å². The van der Waals surface area contributed by atoms with Gasteiger partial charge in [-0.1, -0.05) is 17.3 Å². The van der Waals surface area contributed by atoms with Crippen molar-refractivity contribution in [2.24, 2.45) is 0 Å². The number of sulfonamides is 1. The third-order valence-corrected chi connectivity index (χ3v) is 3.85. The number of benzene rings is 1. The van der Waals surface area contributed by atoms with Gasteiger partial charge < -0.3 is 9.84 Å². The minimum absolute atomic E-state index is 0.0870. The molecule has 0 aliphatic rings. The van der Waals surface area contributed by atoms with Gasteiger partial charge in [0.05, 0.1) is 18.4 Å². The minimum atomic E-state index is -3.25. The van der Waals surface area contributed by atoms with Gasteiger partial charge in [-0.2, -0.15) is 0 Å². The highest BCUT2D eigenvalue weighted by Gasteiger charge is 2.07. The number of carbonyl (C=O) groups is 1. The van der Waals surface area contributed by atoms with Crippen molar-refractivity contribution in [2.45, 2.75) is 26.2 Å². The summed E-state index contributed by atoms with van der Waals surface area (Å²) in [6, 6.07) is 8.93. The van der Waals surface area contributed by atoms with Gasteiger partial charge in [-0.15, -0.1) is 0 Å². The average molecular weight is 351 g/mol. The molecule has 1 aromatic heterocycles. The van der Waals surface area contributed by atoms with Crippen LogP contribution in [-0.4, -0.2) is 32.3 Å². The molecule has 8 heteroatoms. The summed E-state index contributed by atoms with van der Waals surface area (Å²) in [5.41, 5.74) is 2.24. The molecule has 0 aliphatic carbocycles. The summed E-state index contributed by atoms with van der Waals surface area (Å²) in [5, 5.41) is 6.62. The minimum Gasteiger partial charge on any atom is -0.361 e. The first-order chi connectivity index (χ1) is 11.3. The highest BCUT2D eigenvalue weighted by Crippen LogP contribution is 2.12. The summed E-state index contributed by atoms with van der Waals surface area (Å²) in [7, 11) is -3.25. The zero-order valence-corrected chi connectivity index (χ0v) is 14.5. The van der Waals surface area contributed by atoms with Crippen molar-refractivity contribution >= 4 is 21.6 Å². The summed E-state index contributed by atoms with van der Waals surface area (Å²) in [4.78, 5) is 11.8. The Balaban J connectivity index is 1.69. The van der Waals surface area contributed by atoms with Crippen molar-refractivity contribution in [3.8, 4) is 0 Å². The SMILES string of the molecule is Cc1cc(CC(=O)NCCCc2ccc(NS(C)(=O)=O)cc2)no1. The summed E-state index contributed by atoms with van der Waals surface area (Å²) in [6.45, 7) is 2.35. The van der Waals surface area contributed by atoms with Crippen LogP contribution >= 0.6 is 0 Å². The molecule has 0 atom stereocenters. The molecule has 2 N–H and O–H groups in total. The maximum atomic E-state index is 11.8. The van der Waals surface area contributed by atoms with E-state index in [1.165, 1.54) is 0 Å². The Morgan fingerprint density at radius 3 is 2.54 bits per heavy atom. The molecule has 24 heavy (non-hydrogen) atoms. The predicted octanol–water partition coefficient (Wildman–Crippen LogP) is 1.65. The molecule has 7 nitrogen and oxygen atoms in total. The lowest BCUT2D eigenvalue weighted by Crippen LogP contribution is -2.26. The molecule has 130 valence electrons. The summed E-state index contributed by atoms with van der Waals surface area (Å²) >= 11 is 0.